The maximum absolute atomic E-state index is 12.5. The molecule has 1 fully saturated rings. The molecule has 5 nitrogen and oxygen atoms in total. The molecule has 1 aliphatic rings. The summed E-state index contributed by atoms with van der Waals surface area (Å²) in [5, 5.41) is 11.5. The highest BCUT2D eigenvalue weighted by molar-refractivity contribution is 5.96. The van der Waals surface area contributed by atoms with E-state index in [4.69, 9.17) is 4.74 Å². The zero-order chi connectivity index (χ0) is 18.6. The molecule has 26 heavy (non-hydrogen) atoms. The Morgan fingerprint density at radius 3 is 2.50 bits per heavy atom. The van der Waals surface area contributed by atoms with Crippen LogP contribution in [-0.2, 0) is 9.53 Å². The van der Waals surface area contributed by atoms with Crippen molar-refractivity contribution in [3.8, 4) is 6.07 Å². The topological polar surface area (TPSA) is 70.4 Å². The van der Waals surface area contributed by atoms with E-state index in [1.807, 2.05) is 30.3 Å². The lowest BCUT2D eigenvalue weighted by molar-refractivity contribution is -0.138. The quantitative estimate of drug-likeness (QED) is 0.789. The van der Waals surface area contributed by atoms with E-state index in [2.05, 4.69) is 6.07 Å². The summed E-state index contributed by atoms with van der Waals surface area (Å²) in [5.41, 5.74) is -0.364. The van der Waals surface area contributed by atoms with E-state index >= 15 is 0 Å². The van der Waals surface area contributed by atoms with Gasteiger partial charge in [-0.2, -0.15) is 5.26 Å². The highest BCUT2D eigenvalue weighted by atomic mass is 16.5. The number of nitriles is 1. The molecule has 3 rings (SSSR count). The third kappa shape index (κ3) is 3.55. The molecule has 0 aliphatic heterocycles. The molecule has 2 aromatic rings. The first kappa shape index (κ1) is 17.9. The number of benzene rings is 2. The molecule has 1 saturated carbocycles. The summed E-state index contributed by atoms with van der Waals surface area (Å²) in [6.07, 6.45) is 4.29. The van der Waals surface area contributed by atoms with Crippen molar-refractivity contribution < 1.29 is 14.3 Å². The Balaban J connectivity index is 1.64. The Hall–Kier alpha value is -2.87. The Morgan fingerprint density at radius 2 is 1.81 bits per heavy atom. The molecule has 1 amide bonds. The molecule has 0 aromatic heterocycles. The van der Waals surface area contributed by atoms with Gasteiger partial charge in [0.1, 0.15) is 5.54 Å². The van der Waals surface area contributed by atoms with E-state index < -0.39 is 11.5 Å². The Morgan fingerprint density at radius 1 is 1.12 bits per heavy atom. The number of hydrogen-bond donors (Lipinski definition) is 0. The van der Waals surface area contributed by atoms with E-state index in [0.29, 0.717) is 18.4 Å². The van der Waals surface area contributed by atoms with Crippen molar-refractivity contribution in [1.82, 2.24) is 4.90 Å². The molecule has 0 saturated heterocycles. The normalized spacial score (nSPS) is 15.8. The number of ether oxygens (including phenoxy) is 1. The minimum atomic E-state index is -0.773. The fourth-order valence-corrected chi connectivity index (χ4v) is 3.52. The summed E-state index contributed by atoms with van der Waals surface area (Å²) in [7, 11) is 1.63. The number of carbonyl (C=O) groups excluding carboxylic acids is 2. The molecule has 0 radical (unpaired) electrons. The maximum atomic E-state index is 12.5. The number of likely N-dealkylation sites (N-methyl/N-ethyl adjacent to an activating group) is 1. The predicted molar refractivity (Wildman–Crippen MR) is 98.4 cm³/mol. The molecular formula is C21H22N2O3. The van der Waals surface area contributed by atoms with E-state index in [1.54, 1.807) is 19.2 Å². The van der Waals surface area contributed by atoms with Crippen LogP contribution in [0.1, 0.15) is 42.5 Å². The number of carbonyl (C=O) groups is 2. The van der Waals surface area contributed by atoms with Gasteiger partial charge in [0.2, 0.25) is 0 Å². The van der Waals surface area contributed by atoms with Crippen molar-refractivity contribution >= 4 is 22.6 Å². The van der Waals surface area contributed by atoms with Gasteiger partial charge in [-0.15, -0.1) is 0 Å². The molecule has 0 atom stereocenters. The van der Waals surface area contributed by atoms with Gasteiger partial charge in [-0.1, -0.05) is 49.6 Å². The van der Waals surface area contributed by atoms with Gasteiger partial charge in [0, 0.05) is 7.05 Å². The molecular weight excluding hydrogens is 328 g/mol. The van der Waals surface area contributed by atoms with Gasteiger partial charge in [0.25, 0.3) is 5.91 Å². The van der Waals surface area contributed by atoms with Crippen molar-refractivity contribution in [2.75, 3.05) is 13.7 Å². The molecule has 2 aromatic carbocycles. The SMILES string of the molecule is CN(C(=O)COC(=O)c1ccc2ccccc2c1)C1(C#N)CCCCC1. The van der Waals surface area contributed by atoms with Crippen LogP contribution in [0, 0.1) is 11.3 Å². The van der Waals surface area contributed by atoms with Crippen LogP contribution < -0.4 is 0 Å². The van der Waals surface area contributed by atoms with Gasteiger partial charge in [0.15, 0.2) is 6.61 Å². The van der Waals surface area contributed by atoms with Crippen molar-refractivity contribution in [2.24, 2.45) is 0 Å². The lowest BCUT2D eigenvalue weighted by Crippen LogP contribution is -2.51. The van der Waals surface area contributed by atoms with E-state index in [-0.39, 0.29) is 12.5 Å². The molecule has 1 aliphatic carbocycles. The van der Waals surface area contributed by atoms with Crippen LogP contribution in [-0.4, -0.2) is 36.0 Å². The molecule has 134 valence electrons. The van der Waals surface area contributed by atoms with Crippen LogP contribution in [0.5, 0.6) is 0 Å². The second kappa shape index (κ2) is 7.57. The number of amides is 1. The third-order valence-corrected chi connectivity index (χ3v) is 5.22. The van der Waals surface area contributed by atoms with Gasteiger partial charge >= 0.3 is 5.97 Å². The summed E-state index contributed by atoms with van der Waals surface area (Å²) in [4.78, 5) is 26.2. The molecule has 0 bridgehead atoms. The van der Waals surface area contributed by atoms with Crippen LogP contribution in [0.2, 0.25) is 0 Å². The van der Waals surface area contributed by atoms with Crippen molar-refractivity contribution in [2.45, 2.75) is 37.6 Å². The average Bonchev–Trinajstić information content (AvgIpc) is 2.71. The lowest BCUT2D eigenvalue weighted by Gasteiger charge is -2.38. The number of fused-ring (bicyclic) bond motifs is 1. The predicted octanol–water partition coefficient (Wildman–Crippen LogP) is 3.68. The van der Waals surface area contributed by atoms with Crippen LogP contribution in [0.15, 0.2) is 42.5 Å². The second-order valence-corrected chi connectivity index (χ2v) is 6.79. The third-order valence-electron chi connectivity index (χ3n) is 5.22. The van der Waals surface area contributed by atoms with Gasteiger partial charge in [-0.3, -0.25) is 4.79 Å². The fourth-order valence-electron chi connectivity index (χ4n) is 3.52. The molecule has 0 N–H and O–H groups in total. The minimum Gasteiger partial charge on any atom is -0.452 e. The Kier molecular flexibility index (Phi) is 5.22. The zero-order valence-corrected chi connectivity index (χ0v) is 14.9. The van der Waals surface area contributed by atoms with E-state index in [0.717, 1.165) is 30.0 Å². The first-order valence-electron chi connectivity index (χ1n) is 8.90. The summed E-state index contributed by atoms with van der Waals surface area (Å²) in [6.45, 7) is -0.356. The van der Waals surface area contributed by atoms with Crippen molar-refractivity contribution in [3.05, 3.63) is 48.0 Å². The summed E-state index contributed by atoms with van der Waals surface area (Å²) < 4.78 is 5.20. The standard InChI is InChI=1S/C21H22N2O3/c1-23(21(15-22)11-5-2-6-12-21)19(24)14-26-20(25)18-10-9-16-7-3-4-8-17(16)13-18/h3-4,7-10,13H,2,5-6,11-12,14H2,1H3. The second-order valence-electron chi connectivity index (χ2n) is 6.79. The van der Waals surface area contributed by atoms with Crippen molar-refractivity contribution in [1.29, 1.82) is 5.26 Å². The first-order chi connectivity index (χ1) is 12.6. The first-order valence-corrected chi connectivity index (χ1v) is 8.90. The Bertz CT molecular complexity index is 863. The van der Waals surface area contributed by atoms with Gasteiger partial charge in [0.05, 0.1) is 11.6 Å². The summed E-state index contributed by atoms with van der Waals surface area (Å²) in [5.74, 6) is -0.880. The number of hydrogen-bond acceptors (Lipinski definition) is 4. The van der Waals surface area contributed by atoms with Crippen LogP contribution >= 0.6 is 0 Å². The molecule has 5 heteroatoms. The maximum Gasteiger partial charge on any atom is 0.338 e. The zero-order valence-electron chi connectivity index (χ0n) is 14.9. The van der Waals surface area contributed by atoms with E-state index in [9.17, 15) is 14.9 Å². The monoisotopic (exact) mass is 350 g/mol. The largest absolute Gasteiger partial charge is 0.452 e. The highest BCUT2D eigenvalue weighted by Gasteiger charge is 2.39. The number of nitrogens with zero attached hydrogens (tertiary/aromatic N) is 2. The van der Waals surface area contributed by atoms with Gasteiger partial charge < -0.3 is 9.64 Å². The van der Waals surface area contributed by atoms with E-state index in [1.165, 1.54) is 4.90 Å². The van der Waals surface area contributed by atoms with Gasteiger partial charge in [-0.25, -0.2) is 4.79 Å². The Labute approximate surface area is 153 Å². The number of esters is 1. The molecule has 0 heterocycles. The number of rotatable bonds is 4. The molecule has 0 unspecified atom stereocenters. The van der Waals surface area contributed by atoms with Gasteiger partial charge in [-0.05, 0) is 35.7 Å². The minimum absolute atomic E-state index is 0.345. The summed E-state index contributed by atoms with van der Waals surface area (Å²) >= 11 is 0. The van der Waals surface area contributed by atoms with Crippen LogP contribution in [0.3, 0.4) is 0 Å². The molecule has 0 spiro atoms. The van der Waals surface area contributed by atoms with Crippen molar-refractivity contribution in [3.63, 3.8) is 0 Å². The fraction of sp³-hybridized carbons (Fsp3) is 0.381. The highest BCUT2D eigenvalue weighted by Crippen LogP contribution is 2.32. The summed E-state index contributed by atoms with van der Waals surface area (Å²) in [6, 6.07) is 15.3. The van der Waals surface area contributed by atoms with Crippen LogP contribution in [0.4, 0.5) is 0 Å². The smallest absolute Gasteiger partial charge is 0.338 e. The lowest BCUT2D eigenvalue weighted by atomic mass is 9.81. The van der Waals surface area contributed by atoms with Crippen LogP contribution in [0.25, 0.3) is 10.8 Å². The average molecular weight is 350 g/mol.